The predicted octanol–water partition coefficient (Wildman–Crippen LogP) is 2.29. The van der Waals surface area contributed by atoms with Gasteiger partial charge in [-0.2, -0.15) is 0 Å². The predicted molar refractivity (Wildman–Crippen MR) is 69.9 cm³/mol. The quantitative estimate of drug-likeness (QED) is 0.852. The molecular formula is C13H16ClNO3. The van der Waals surface area contributed by atoms with Crippen molar-refractivity contribution in [2.24, 2.45) is 0 Å². The van der Waals surface area contributed by atoms with E-state index in [-0.39, 0.29) is 11.8 Å². The maximum atomic E-state index is 12.3. The Kier molecular flexibility index (Phi) is 4.09. The van der Waals surface area contributed by atoms with Crippen LogP contribution in [0.2, 0.25) is 5.02 Å². The Hall–Kier alpha value is -1.26. The van der Waals surface area contributed by atoms with Gasteiger partial charge in [-0.15, -0.1) is 0 Å². The highest BCUT2D eigenvalue weighted by atomic mass is 35.5. The standard InChI is InChI=1S/C13H16ClNO3/c1-17-11-7-12(18-2)9(14)6-8(11)13(16)10-4-3-5-15-10/h6-7,10,15H,3-5H2,1-2H3. The van der Waals surface area contributed by atoms with Gasteiger partial charge < -0.3 is 14.8 Å². The summed E-state index contributed by atoms with van der Waals surface area (Å²) in [5.74, 6) is 1.02. The smallest absolute Gasteiger partial charge is 0.183 e. The number of carbonyl (C=O) groups is 1. The number of ketones is 1. The molecule has 0 saturated carbocycles. The molecule has 4 nitrogen and oxygen atoms in total. The highest BCUT2D eigenvalue weighted by Crippen LogP contribution is 2.33. The Morgan fingerprint density at radius 1 is 1.33 bits per heavy atom. The van der Waals surface area contributed by atoms with Crippen LogP contribution in [0, 0.1) is 0 Å². The lowest BCUT2D eigenvalue weighted by Gasteiger charge is -2.14. The minimum absolute atomic E-state index is 0.0221. The highest BCUT2D eigenvalue weighted by molar-refractivity contribution is 6.32. The number of hydrogen-bond acceptors (Lipinski definition) is 4. The van der Waals surface area contributed by atoms with Gasteiger partial charge in [-0.05, 0) is 25.5 Å². The third kappa shape index (κ3) is 2.44. The first-order chi connectivity index (χ1) is 8.67. The van der Waals surface area contributed by atoms with Crippen molar-refractivity contribution in [1.29, 1.82) is 0 Å². The van der Waals surface area contributed by atoms with Crippen molar-refractivity contribution in [3.05, 3.63) is 22.7 Å². The normalized spacial score (nSPS) is 18.7. The average Bonchev–Trinajstić information content (AvgIpc) is 2.91. The van der Waals surface area contributed by atoms with Gasteiger partial charge in [0, 0.05) is 6.07 Å². The van der Waals surface area contributed by atoms with Crippen molar-refractivity contribution in [2.45, 2.75) is 18.9 Å². The molecule has 18 heavy (non-hydrogen) atoms. The number of methoxy groups -OCH3 is 2. The van der Waals surface area contributed by atoms with Crippen LogP contribution in [-0.4, -0.2) is 32.6 Å². The fourth-order valence-electron chi connectivity index (χ4n) is 2.15. The van der Waals surface area contributed by atoms with Gasteiger partial charge in [-0.25, -0.2) is 0 Å². The van der Waals surface area contributed by atoms with Crippen molar-refractivity contribution < 1.29 is 14.3 Å². The lowest BCUT2D eigenvalue weighted by molar-refractivity contribution is 0.0949. The molecule has 1 N–H and O–H groups in total. The molecule has 1 aromatic carbocycles. The van der Waals surface area contributed by atoms with Gasteiger partial charge in [0.05, 0.1) is 30.8 Å². The van der Waals surface area contributed by atoms with Crippen LogP contribution >= 0.6 is 11.6 Å². The summed E-state index contributed by atoms with van der Waals surface area (Å²) in [6, 6.07) is 3.12. The number of benzene rings is 1. The largest absolute Gasteiger partial charge is 0.496 e. The molecule has 1 aliphatic heterocycles. The van der Waals surface area contributed by atoms with E-state index < -0.39 is 0 Å². The molecule has 2 rings (SSSR count). The molecule has 0 spiro atoms. The van der Waals surface area contributed by atoms with Crippen molar-refractivity contribution in [3.63, 3.8) is 0 Å². The number of halogens is 1. The summed E-state index contributed by atoms with van der Waals surface area (Å²) in [4.78, 5) is 12.3. The minimum atomic E-state index is -0.136. The number of carbonyl (C=O) groups excluding carboxylic acids is 1. The minimum Gasteiger partial charge on any atom is -0.496 e. The van der Waals surface area contributed by atoms with Gasteiger partial charge in [0.2, 0.25) is 0 Å². The first-order valence-corrected chi connectivity index (χ1v) is 6.24. The van der Waals surface area contributed by atoms with Gasteiger partial charge in [0.25, 0.3) is 0 Å². The van der Waals surface area contributed by atoms with E-state index in [1.165, 1.54) is 14.2 Å². The summed E-state index contributed by atoms with van der Waals surface area (Å²) in [7, 11) is 3.06. The van der Waals surface area contributed by atoms with Crippen LogP contribution in [0.1, 0.15) is 23.2 Å². The Bertz CT molecular complexity index is 456. The summed E-state index contributed by atoms with van der Waals surface area (Å²) >= 11 is 6.06. The molecule has 1 fully saturated rings. The van der Waals surface area contributed by atoms with Crippen molar-refractivity contribution >= 4 is 17.4 Å². The maximum Gasteiger partial charge on any atom is 0.183 e. The molecule has 0 bridgehead atoms. The number of hydrogen-bond donors (Lipinski definition) is 1. The highest BCUT2D eigenvalue weighted by Gasteiger charge is 2.26. The molecule has 0 aromatic heterocycles. The number of rotatable bonds is 4. The number of ether oxygens (including phenoxy) is 2. The topological polar surface area (TPSA) is 47.6 Å². The molecule has 1 saturated heterocycles. The third-order valence-corrected chi connectivity index (χ3v) is 3.41. The van der Waals surface area contributed by atoms with Crippen LogP contribution < -0.4 is 14.8 Å². The molecule has 0 radical (unpaired) electrons. The summed E-state index contributed by atoms with van der Waals surface area (Å²) in [5.41, 5.74) is 0.503. The molecule has 1 aliphatic rings. The van der Waals surface area contributed by atoms with Crippen LogP contribution in [0.4, 0.5) is 0 Å². The molecule has 1 heterocycles. The fraction of sp³-hybridized carbons (Fsp3) is 0.462. The lowest BCUT2D eigenvalue weighted by atomic mass is 10.0. The maximum absolute atomic E-state index is 12.3. The number of nitrogens with one attached hydrogen (secondary N) is 1. The van der Waals surface area contributed by atoms with Gasteiger partial charge in [-0.1, -0.05) is 11.6 Å². The molecule has 1 unspecified atom stereocenters. The summed E-state index contributed by atoms with van der Waals surface area (Å²) in [5, 5.41) is 3.59. The van der Waals surface area contributed by atoms with E-state index in [9.17, 15) is 4.79 Å². The van der Waals surface area contributed by atoms with E-state index in [4.69, 9.17) is 21.1 Å². The van der Waals surface area contributed by atoms with E-state index in [0.29, 0.717) is 22.1 Å². The molecule has 1 atom stereocenters. The van der Waals surface area contributed by atoms with Crippen LogP contribution in [0.5, 0.6) is 11.5 Å². The van der Waals surface area contributed by atoms with Crippen LogP contribution in [-0.2, 0) is 0 Å². The van der Waals surface area contributed by atoms with Gasteiger partial charge in [-0.3, -0.25) is 4.79 Å². The molecule has 5 heteroatoms. The summed E-state index contributed by atoms with van der Waals surface area (Å²) in [6.45, 7) is 0.878. The van der Waals surface area contributed by atoms with Gasteiger partial charge in [0.15, 0.2) is 5.78 Å². The first-order valence-electron chi connectivity index (χ1n) is 5.86. The second kappa shape index (κ2) is 5.59. The van der Waals surface area contributed by atoms with Crippen molar-refractivity contribution in [1.82, 2.24) is 5.32 Å². The summed E-state index contributed by atoms with van der Waals surface area (Å²) in [6.07, 6.45) is 1.87. The Morgan fingerprint density at radius 2 is 2.06 bits per heavy atom. The van der Waals surface area contributed by atoms with Crippen LogP contribution in [0.3, 0.4) is 0 Å². The zero-order valence-corrected chi connectivity index (χ0v) is 11.2. The Labute approximate surface area is 111 Å². The Balaban J connectivity index is 2.36. The van der Waals surface area contributed by atoms with Crippen molar-refractivity contribution in [2.75, 3.05) is 20.8 Å². The second-order valence-electron chi connectivity index (χ2n) is 4.20. The second-order valence-corrected chi connectivity index (χ2v) is 4.61. The molecule has 98 valence electrons. The Morgan fingerprint density at radius 3 is 2.61 bits per heavy atom. The lowest BCUT2D eigenvalue weighted by Crippen LogP contribution is -2.31. The van der Waals surface area contributed by atoms with E-state index >= 15 is 0 Å². The van der Waals surface area contributed by atoms with E-state index in [2.05, 4.69) is 5.32 Å². The third-order valence-electron chi connectivity index (χ3n) is 3.12. The van der Waals surface area contributed by atoms with Crippen LogP contribution in [0.25, 0.3) is 0 Å². The van der Waals surface area contributed by atoms with Crippen LogP contribution in [0.15, 0.2) is 12.1 Å². The average molecular weight is 270 g/mol. The van der Waals surface area contributed by atoms with E-state index in [1.807, 2.05) is 0 Å². The number of Topliss-reactive ketones (excluding diaryl/α,β-unsaturated/α-hetero) is 1. The zero-order chi connectivity index (χ0) is 13.1. The molecule has 0 aliphatic carbocycles. The van der Waals surface area contributed by atoms with Gasteiger partial charge >= 0.3 is 0 Å². The van der Waals surface area contributed by atoms with Gasteiger partial charge in [0.1, 0.15) is 11.5 Å². The zero-order valence-electron chi connectivity index (χ0n) is 10.5. The SMILES string of the molecule is COc1cc(OC)c(C(=O)C2CCCN2)cc1Cl. The molecule has 1 aromatic rings. The molecule has 0 amide bonds. The monoisotopic (exact) mass is 269 g/mol. The van der Waals surface area contributed by atoms with E-state index in [0.717, 1.165) is 19.4 Å². The first kappa shape index (κ1) is 13.2. The molecular weight excluding hydrogens is 254 g/mol. The van der Waals surface area contributed by atoms with E-state index in [1.54, 1.807) is 12.1 Å². The van der Waals surface area contributed by atoms with Crippen molar-refractivity contribution in [3.8, 4) is 11.5 Å². The summed E-state index contributed by atoms with van der Waals surface area (Å²) < 4.78 is 10.3. The fourth-order valence-corrected chi connectivity index (χ4v) is 2.39.